The lowest BCUT2D eigenvalue weighted by atomic mass is 10.1. The molecule has 0 bridgehead atoms. The fourth-order valence-corrected chi connectivity index (χ4v) is 3.10. The topological polar surface area (TPSA) is 77.0 Å². The van der Waals surface area contributed by atoms with E-state index in [0.717, 1.165) is 24.2 Å². The van der Waals surface area contributed by atoms with Crippen LogP contribution in [0.25, 0.3) is 0 Å². The van der Waals surface area contributed by atoms with Crippen LogP contribution in [0.3, 0.4) is 0 Å². The van der Waals surface area contributed by atoms with Crippen molar-refractivity contribution in [3.05, 3.63) is 70.3 Å². The molecule has 31 heavy (non-hydrogen) atoms. The monoisotopic (exact) mass is 442 g/mol. The number of hydrogen-bond acceptors (Lipinski definition) is 5. The Balaban J connectivity index is 0.00000166. The number of amides is 1. The summed E-state index contributed by atoms with van der Waals surface area (Å²) in [5.41, 5.74) is 2.57. The Bertz CT molecular complexity index is 999. The molecular weight excluding hydrogens is 416 g/mol. The Morgan fingerprint density at radius 1 is 1.13 bits per heavy atom. The molecule has 2 aromatic carbocycles. The van der Waals surface area contributed by atoms with Gasteiger partial charge >= 0.3 is 5.97 Å². The summed E-state index contributed by atoms with van der Waals surface area (Å²) in [7, 11) is 1.28. The number of aryl methyl sites for hydroxylation is 1. The van der Waals surface area contributed by atoms with E-state index in [4.69, 9.17) is 21.1 Å². The standard InChI is InChI=1S/C22H21ClN2O4.C2H6/c1-14-11-15(23)6-8-18(14)21(26)25-20-9-7-17(12-19(20)22(27)28-2)29-13-16-5-3-4-10-24-16;1-2/h3,5-9,11-12H,4,10,13H2,1-2H3,(H,25,26);1-2H3. The SMILES string of the molecule is CC.COC(=O)c1cc(OCC2=NCCC=C2)ccc1NC(=O)c1ccc(Cl)cc1C. The summed E-state index contributed by atoms with van der Waals surface area (Å²) in [6, 6.07) is 9.83. The number of aliphatic imine (C=N–C) groups is 1. The molecule has 1 amide bonds. The van der Waals surface area contributed by atoms with Crippen LogP contribution in [-0.4, -0.2) is 37.8 Å². The molecule has 0 saturated heterocycles. The molecule has 3 rings (SSSR count). The quantitative estimate of drug-likeness (QED) is 0.600. The fraction of sp³-hybridized carbons (Fsp3) is 0.292. The van der Waals surface area contributed by atoms with Crippen LogP contribution in [0.1, 0.15) is 46.5 Å². The van der Waals surface area contributed by atoms with E-state index in [1.54, 1.807) is 43.3 Å². The molecule has 1 N–H and O–H groups in total. The molecule has 0 unspecified atom stereocenters. The van der Waals surface area contributed by atoms with E-state index in [1.165, 1.54) is 7.11 Å². The van der Waals surface area contributed by atoms with Crippen molar-refractivity contribution in [1.82, 2.24) is 0 Å². The van der Waals surface area contributed by atoms with Gasteiger partial charge in [0.2, 0.25) is 0 Å². The van der Waals surface area contributed by atoms with Gasteiger partial charge in [-0.25, -0.2) is 4.79 Å². The van der Waals surface area contributed by atoms with Crippen LogP contribution in [0, 0.1) is 6.92 Å². The van der Waals surface area contributed by atoms with Gasteiger partial charge in [0, 0.05) is 17.1 Å². The van der Waals surface area contributed by atoms with E-state index >= 15 is 0 Å². The van der Waals surface area contributed by atoms with Crippen molar-refractivity contribution in [2.45, 2.75) is 27.2 Å². The lowest BCUT2D eigenvalue weighted by Gasteiger charge is -2.14. The number of ether oxygens (including phenoxy) is 2. The third kappa shape index (κ3) is 6.69. The van der Waals surface area contributed by atoms with E-state index in [9.17, 15) is 9.59 Å². The van der Waals surface area contributed by atoms with Crippen LogP contribution in [0.5, 0.6) is 5.75 Å². The molecule has 0 atom stereocenters. The summed E-state index contributed by atoms with van der Waals surface area (Å²) in [6.45, 7) is 6.84. The number of rotatable bonds is 6. The first kappa shape index (κ1) is 24.2. The number of dihydropyridines is 1. The molecule has 6 nitrogen and oxygen atoms in total. The molecule has 2 aromatic rings. The van der Waals surface area contributed by atoms with Crippen molar-refractivity contribution < 1.29 is 19.1 Å². The van der Waals surface area contributed by atoms with E-state index in [1.807, 2.05) is 26.0 Å². The second-order valence-electron chi connectivity index (χ2n) is 6.47. The van der Waals surface area contributed by atoms with Crippen molar-refractivity contribution >= 4 is 34.9 Å². The largest absolute Gasteiger partial charge is 0.487 e. The third-order valence-corrected chi connectivity index (χ3v) is 4.62. The maximum Gasteiger partial charge on any atom is 0.340 e. The highest BCUT2D eigenvalue weighted by atomic mass is 35.5. The highest BCUT2D eigenvalue weighted by Crippen LogP contribution is 2.25. The molecule has 0 spiro atoms. The van der Waals surface area contributed by atoms with Gasteiger partial charge in [0.1, 0.15) is 12.4 Å². The average molecular weight is 443 g/mol. The molecular formula is C24H27ClN2O4. The van der Waals surface area contributed by atoms with Crippen LogP contribution >= 0.6 is 11.6 Å². The van der Waals surface area contributed by atoms with Gasteiger partial charge in [0.05, 0.1) is 24.1 Å². The molecule has 7 heteroatoms. The maximum absolute atomic E-state index is 12.7. The van der Waals surface area contributed by atoms with Gasteiger partial charge < -0.3 is 14.8 Å². The van der Waals surface area contributed by atoms with Crippen molar-refractivity contribution in [3.8, 4) is 5.75 Å². The second kappa shape index (κ2) is 11.9. The zero-order valence-electron chi connectivity index (χ0n) is 18.2. The van der Waals surface area contributed by atoms with Gasteiger partial charge in [-0.2, -0.15) is 0 Å². The molecule has 0 radical (unpaired) electrons. The Kier molecular flexibility index (Phi) is 9.28. The highest BCUT2D eigenvalue weighted by molar-refractivity contribution is 6.30. The molecule has 1 aliphatic heterocycles. The average Bonchev–Trinajstić information content (AvgIpc) is 2.79. The van der Waals surface area contributed by atoms with Gasteiger partial charge in [-0.3, -0.25) is 9.79 Å². The maximum atomic E-state index is 12.7. The number of hydrogen-bond donors (Lipinski definition) is 1. The predicted molar refractivity (Wildman–Crippen MR) is 125 cm³/mol. The summed E-state index contributed by atoms with van der Waals surface area (Å²) in [6.07, 6.45) is 4.90. The molecule has 0 fully saturated rings. The number of carbonyl (C=O) groups excluding carboxylic acids is 2. The van der Waals surface area contributed by atoms with Crippen molar-refractivity contribution in [2.75, 3.05) is 25.6 Å². The Hall–Kier alpha value is -3.12. The number of esters is 1. The Morgan fingerprint density at radius 2 is 1.90 bits per heavy atom. The minimum Gasteiger partial charge on any atom is -0.487 e. The lowest BCUT2D eigenvalue weighted by Crippen LogP contribution is -2.17. The molecule has 0 aliphatic carbocycles. The molecule has 0 aromatic heterocycles. The lowest BCUT2D eigenvalue weighted by molar-refractivity contribution is 0.0601. The van der Waals surface area contributed by atoms with Gasteiger partial charge in [-0.05, 0) is 61.4 Å². The first-order valence-corrected chi connectivity index (χ1v) is 10.5. The number of anilines is 1. The van der Waals surface area contributed by atoms with Gasteiger partial charge in [-0.1, -0.05) is 31.5 Å². The number of benzene rings is 2. The number of nitrogens with zero attached hydrogens (tertiary/aromatic N) is 1. The third-order valence-electron chi connectivity index (χ3n) is 4.39. The zero-order chi connectivity index (χ0) is 22.8. The van der Waals surface area contributed by atoms with Gasteiger partial charge in [-0.15, -0.1) is 0 Å². The first-order valence-electron chi connectivity index (χ1n) is 10.1. The number of nitrogens with one attached hydrogen (secondary N) is 1. The fourth-order valence-electron chi connectivity index (χ4n) is 2.88. The summed E-state index contributed by atoms with van der Waals surface area (Å²) in [4.78, 5) is 29.3. The second-order valence-corrected chi connectivity index (χ2v) is 6.90. The van der Waals surface area contributed by atoms with E-state index in [2.05, 4.69) is 10.3 Å². The molecule has 1 heterocycles. The molecule has 1 aliphatic rings. The van der Waals surface area contributed by atoms with Crippen LogP contribution in [-0.2, 0) is 4.74 Å². The van der Waals surface area contributed by atoms with Crippen LogP contribution in [0.4, 0.5) is 5.69 Å². The Labute approximate surface area is 187 Å². The molecule has 0 saturated carbocycles. The van der Waals surface area contributed by atoms with E-state index in [-0.39, 0.29) is 11.5 Å². The van der Waals surface area contributed by atoms with E-state index in [0.29, 0.717) is 28.6 Å². The van der Waals surface area contributed by atoms with Crippen molar-refractivity contribution in [1.29, 1.82) is 0 Å². The first-order chi connectivity index (χ1) is 15.0. The predicted octanol–water partition coefficient (Wildman–Crippen LogP) is 5.49. The van der Waals surface area contributed by atoms with Gasteiger partial charge in [0.25, 0.3) is 5.91 Å². The zero-order valence-corrected chi connectivity index (χ0v) is 19.0. The minimum atomic E-state index is -0.575. The molecule has 164 valence electrons. The highest BCUT2D eigenvalue weighted by Gasteiger charge is 2.17. The van der Waals surface area contributed by atoms with Crippen LogP contribution in [0.2, 0.25) is 5.02 Å². The van der Waals surface area contributed by atoms with Crippen molar-refractivity contribution in [3.63, 3.8) is 0 Å². The number of halogens is 1. The normalized spacial score (nSPS) is 12.2. The van der Waals surface area contributed by atoms with Crippen molar-refractivity contribution in [2.24, 2.45) is 4.99 Å². The van der Waals surface area contributed by atoms with Crippen LogP contribution < -0.4 is 10.1 Å². The summed E-state index contributed by atoms with van der Waals surface area (Å²) >= 11 is 5.95. The smallest absolute Gasteiger partial charge is 0.340 e. The van der Waals surface area contributed by atoms with Crippen LogP contribution in [0.15, 0.2) is 53.5 Å². The summed E-state index contributed by atoms with van der Waals surface area (Å²) in [5.74, 6) is -0.444. The minimum absolute atomic E-state index is 0.200. The number of carbonyl (C=O) groups is 2. The Morgan fingerprint density at radius 3 is 2.55 bits per heavy atom. The number of methoxy groups -OCH3 is 1. The summed E-state index contributed by atoms with van der Waals surface area (Å²) in [5, 5.41) is 3.31. The van der Waals surface area contributed by atoms with Gasteiger partial charge in [0.15, 0.2) is 0 Å². The summed E-state index contributed by atoms with van der Waals surface area (Å²) < 4.78 is 10.6. The van der Waals surface area contributed by atoms with E-state index < -0.39 is 5.97 Å².